The highest BCUT2D eigenvalue weighted by Crippen LogP contribution is 2.68. The molecule has 8 nitrogen and oxygen atoms in total. The van der Waals surface area contributed by atoms with Gasteiger partial charge in [-0.25, -0.2) is 0 Å². The number of hydrogen-bond donors (Lipinski definition) is 1. The Balaban J connectivity index is 1.73. The van der Waals surface area contributed by atoms with Gasteiger partial charge in [-0.2, -0.15) is 5.26 Å². The molecule has 4 aliphatic rings. The van der Waals surface area contributed by atoms with Gasteiger partial charge in [0.15, 0.2) is 0 Å². The summed E-state index contributed by atoms with van der Waals surface area (Å²) in [5.74, 6) is 1.67. The molecule has 0 amide bonds. The predicted molar refractivity (Wildman–Crippen MR) is 140 cm³/mol. The number of carbonyl (C=O) groups excluding carboxylic acids is 1. The topological polar surface area (TPSA) is 107 Å². The maximum atomic E-state index is 11.9. The molecule has 3 fully saturated rings. The van der Waals surface area contributed by atoms with Crippen molar-refractivity contribution in [3.05, 3.63) is 11.6 Å². The number of esters is 1. The highest BCUT2D eigenvalue weighted by atomic mass is 16.7. The maximum absolute atomic E-state index is 11.9. The molecule has 38 heavy (non-hydrogen) atoms. The summed E-state index contributed by atoms with van der Waals surface area (Å²) in [6.07, 6.45) is 6.97. The van der Waals surface area contributed by atoms with E-state index in [2.05, 4.69) is 32.9 Å². The summed E-state index contributed by atoms with van der Waals surface area (Å²) in [7, 11) is 4.77. The lowest BCUT2D eigenvalue weighted by atomic mass is 9.43. The van der Waals surface area contributed by atoms with E-state index in [4.69, 9.17) is 23.7 Å². The van der Waals surface area contributed by atoms with E-state index in [-0.39, 0.29) is 60.3 Å². The van der Waals surface area contributed by atoms with Crippen molar-refractivity contribution < 1.29 is 33.6 Å². The van der Waals surface area contributed by atoms with Gasteiger partial charge in [-0.1, -0.05) is 26.8 Å². The van der Waals surface area contributed by atoms with Gasteiger partial charge in [0.05, 0.1) is 37.1 Å². The lowest BCUT2D eigenvalue weighted by Crippen LogP contribution is -2.62. The fourth-order valence-electron chi connectivity index (χ4n) is 9.23. The van der Waals surface area contributed by atoms with Crippen LogP contribution in [-0.4, -0.2) is 64.3 Å². The van der Waals surface area contributed by atoms with Crippen molar-refractivity contribution in [1.82, 2.24) is 0 Å². The Kier molecular flexibility index (Phi) is 9.26. The molecule has 0 heterocycles. The van der Waals surface area contributed by atoms with Crippen LogP contribution in [0.2, 0.25) is 0 Å². The average molecular weight is 534 g/mol. The number of carbonyl (C=O) groups is 1. The summed E-state index contributed by atoms with van der Waals surface area (Å²) in [4.78, 5) is 11.9. The average Bonchev–Trinajstić information content (AvgIpc) is 3.27. The van der Waals surface area contributed by atoms with Crippen LogP contribution in [0.5, 0.6) is 0 Å². The third kappa shape index (κ3) is 5.06. The zero-order valence-corrected chi connectivity index (χ0v) is 24.0. The second kappa shape index (κ2) is 11.9. The van der Waals surface area contributed by atoms with Crippen molar-refractivity contribution in [3.8, 4) is 6.07 Å². The molecule has 1 unspecified atom stereocenters. The molecule has 3 saturated carbocycles. The SMILES string of the molecule is COCO[C@H]1C[C@H]2[C@@H]([C@H](OCOC)C[C@@H]3CC(O)C(C#N)=C[C@@]32C)[C@@H]2CC[C@H]([C@H](C)CCC(=O)OC)[C@@]12C. The summed E-state index contributed by atoms with van der Waals surface area (Å²) >= 11 is 0. The van der Waals surface area contributed by atoms with E-state index in [0.29, 0.717) is 36.2 Å². The van der Waals surface area contributed by atoms with E-state index in [1.54, 1.807) is 14.2 Å². The van der Waals surface area contributed by atoms with Gasteiger partial charge < -0.3 is 28.8 Å². The second-order valence-corrected chi connectivity index (χ2v) is 12.6. The van der Waals surface area contributed by atoms with E-state index < -0.39 is 6.10 Å². The number of fused-ring (bicyclic) bond motifs is 5. The third-order valence-electron chi connectivity index (χ3n) is 11.1. The molecule has 0 aromatic rings. The molecule has 0 aromatic heterocycles. The van der Waals surface area contributed by atoms with Gasteiger partial charge in [0, 0.05) is 26.1 Å². The molecule has 0 aromatic carbocycles. The van der Waals surface area contributed by atoms with Gasteiger partial charge in [-0.3, -0.25) is 4.79 Å². The standard InChI is InChI=1S/C30H47NO7/c1-18(7-10-27(33)36-6)21-8-9-22-28-23(13-26(30(21,22)3)38-17-35-5)29(2)14-19(15-31)24(32)11-20(29)12-25(28)37-16-34-4/h14,18,20-26,28,32H,7-13,16-17H2,1-6H3/t18-,20+,21-,22+,23+,24?,25-,26+,28+,29+,30-/m1/s1. The summed E-state index contributed by atoms with van der Waals surface area (Å²) in [5, 5.41) is 20.5. The Hall–Kier alpha value is -1.50. The Bertz CT molecular complexity index is 917. The molecule has 0 bridgehead atoms. The van der Waals surface area contributed by atoms with Crippen LogP contribution in [0.15, 0.2) is 11.6 Å². The minimum atomic E-state index is -0.724. The number of ether oxygens (including phenoxy) is 5. The molecule has 214 valence electrons. The van der Waals surface area contributed by atoms with Crippen molar-refractivity contribution in [2.75, 3.05) is 34.9 Å². The third-order valence-corrected chi connectivity index (χ3v) is 11.1. The maximum Gasteiger partial charge on any atom is 0.305 e. The molecule has 1 N–H and O–H groups in total. The van der Waals surface area contributed by atoms with Gasteiger partial charge >= 0.3 is 5.97 Å². The van der Waals surface area contributed by atoms with Crippen LogP contribution in [0.3, 0.4) is 0 Å². The summed E-state index contributed by atoms with van der Waals surface area (Å²) in [6.45, 7) is 7.42. The van der Waals surface area contributed by atoms with Crippen LogP contribution in [0.1, 0.15) is 65.7 Å². The number of rotatable bonds is 10. The molecular weight excluding hydrogens is 486 g/mol. The Morgan fingerprint density at radius 1 is 1.11 bits per heavy atom. The lowest BCUT2D eigenvalue weighted by molar-refractivity contribution is -0.235. The molecule has 0 radical (unpaired) electrons. The number of aliphatic hydroxyl groups excluding tert-OH is 1. The number of methoxy groups -OCH3 is 3. The number of nitriles is 1. The first-order chi connectivity index (χ1) is 18.1. The monoisotopic (exact) mass is 533 g/mol. The molecule has 4 aliphatic carbocycles. The minimum absolute atomic E-state index is 0.0130. The Labute approximate surface area is 228 Å². The van der Waals surface area contributed by atoms with E-state index in [1.807, 2.05) is 0 Å². The first-order valence-corrected chi connectivity index (χ1v) is 14.2. The summed E-state index contributed by atoms with van der Waals surface area (Å²) < 4.78 is 28.6. The van der Waals surface area contributed by atoms with Gasteiger partial charge in [0.1, 0.15) is 13.6 Å². The Morgan fingerprint density at radius 2 is 1.82 bits per heavy atom. The zero-order chi connectivity index (χ0) is 27.7. The highest BCUT2D eigenvalue weighted by molar-refractivity contribution is 5.69. The van der Waals surface area contributed by atoms with Crippen LogP contribution in [-0.2, 0) is 28.5 Å². The first kappa shape index (κ1) is 29.5. The van der Waals surface area contributed by atoms with Crippen molar-refractivity contribution >= 4 is 5.97 Å². The van der Waals surface area contributed by atoms with Gasteiger partial charge in [0.25, 0.3) is 0 Å². The normalized spacial score (nSPS) is 42.7. The van der Waals surface area contributed by atoms with E-state index in [0.717, 1.165) is 32.1 Å². The van der Waals surface area contributed by atoms with Crippen molar-refractivity contribution in [2.45, 2.75) is 84.0 Å². The lowest BCUT2D eigenvalue weighted by Gasteiger charge is -2.63. The van der Waals surface area contributed by atoms with Crippen LogP contribution in [0.4, 0.5) is 0 Å². The number of nitrogens with zero attached hydrogens (tertiary/aromatic N) is 1. The van der Waals surface area contributed by atoms with E-state index in [9.17, 15) is 15.2 Å². The molecule has 11 atom stereocenters. The fraction of sp³-hybridized carbons (Fsp3) is 0.867. The van der Waals surface area contributed by atoms with E-state index in [1.165, 1.54) is 7.11 Å². The van der Waals surface area contributed by atoms with Crippen molar-refractivity contribution in [2.24, 2.45) is 46.3 Å². The molecule has 0 saturated heterocycles. The number of allylic oxidation sites excluding steroid dienone is 1. The van der Waals surface area contributed by atoms with Gasteiger partial charge in [-0.15, -0.1) is 0 Å². The van der Waals surface area contributed by atoms with Crippen LogP contribution in [0.25, 0.3) is 0 Å². The van der Waals surface area contributed by atoms with Crippen molar-refractivity contribution in [3.63, 3.8) is 0 Å². The molecule has 0 aliphatic heterocycles. The molecule has 0 spiro atoms. The second-order valence-electron chi connectivity index (χ2n) is 12.6. The summed E-state index contributed by atoms with van der Waals surface area (Å²) in [6, 6.07) is 2.27. The summed E-state index contributed by atoms with van der Waals surface area (Å²) in [5.41, 5.74) is 0.150. The predicted octanol–water partition coefficient (Wildman–Crippen LogP) is 4.46. The molecule has 8 heteroatoms. The minimum Gasteiger partial charge on any atom is -0.469 e. The van der Waals surface area contributed by atoms with Crippen LogP contribution < -0.4 is 0 Å². The molecular formula is C30H47NO7. The fourth-order valence-corrected chi connectivity index (χ4v) is 9.23. The quantitative estimate of drug-likeness (QED) is 0.324. The van der Waals surface area contributed by atoms with Gasteiger partial charge in [0.2, 0.25) is 0 Å². The number of hydrogen-bond acceptors (Lipinski definition) is 8. The first-order valence-electron chi connectivity index (χ1n) is 14.2. The smallest absolute Gasteiger partial charge is 0.305 e. The highest BCUT2D eigenvalue weighted by Gasteiger charge is 2.66. The Morgan fingerprint density at radius 3 is 2.47 bits per heavy atom. The number of aliphatic hydroxyl groups is 1. The zero-order valence-electron chi connectivity index (χ0n) is 24.0. The van der Waals surface area contributed by atoms with Crippen molar-refractivity contribution in [1.29, 1.82) is 5.26 Å². The van der Waals surface area contributed by atoms with Crippen LogP contribution >= 0.6 is 0 Å². The largest absolute Gasteiger partial charge is 0.469 e. The van der Waals surface area contributed by atoms with E-state index >= 15 is 0 Å². The van der Waals surface area contributed by atoms with Gasteiger partial charge in [-0.05, 0) is 79.4 Å². The molecule has 4 rings (SSSR count). The van der Waals surface area contributed by atoms with Crippen LogP contribution in [0, 0.1) is 57.7 Å².